The van der Waals surface area contributed by atoms with Gasteiger partial charge in [0.2, 0.25) is 5.91 Å². The van der Waals surface area contributed by atoms with E-state index in [-0.39, 0.29) is 17.2 Å². The standard InChI is InChI=1S/C14H17NOS/c1-3-12(4-2)15-14(16)13(17)10-11-8-6-5-7-9-11/h1,5-9,12-13,17H,4,10H2,2H3,(H,15,16). The molecule has 0 radical (unpaired) electrons. The topological polar surface area (TPSA) is 29.1 Å². The van der Waals surface area contributed by atoms with Gasteiger partial charge in [-0.05, 0) is 18.4 Å². The van der Waals surface area contributed by atoms with E-state index in [9.17, 15) is 4.79 Å². The van der Waals surface area contributed by atoms with Crippen LogP contribution in [0.5, 0.6) is 0 Å². The van der Waals surface area contributed by atoms with Crippen LogP contribution in [0.3, 0.4) is 0 Å². The van der Waals surface area contributed by atoms with Gasteiger partial charge in [0.15, 0.2) is 0 Å². The summed E-state index contributed by atoms with van der Waals surface area (Å²) in [6.07, 6.45) is 6.63. The van der Waals surface area contributed by atoms with Gasteiger partial charge in [-0.2, -0.15) is 12.6 Å². The molecule has 0 aliphatic heterocycles. The summed E-state index contributed by atoms with van der Waals surface area (Å²) in [6, 6.07) is 9.61. The maximum absolute atomic E-state index is 11.8. The Morgan fingerprint density at radius 3 is 2.65 bits per heavy atom. The molecule has 0 aliphatic carbocycles. The SMILES string of the molecule is C#CC(CC)NC(=O)C(S)Cc1ccccc1. The molecular formula is C14H17NOS. The molecule has 1 aromatic rings. The Morgan fingerprint density at radius 2 is 2.12 bits per heavy atom. The molecule has 1 N–H and O–H groups in total. The molecule has 2 unspecified atom stereocenters. The second-order valence-corrected chi connectivity index (χ2v) is 4.46. The molecule has 2 nitrogen and oxygen atoms in total. The van der Waals surface area contributed by atoms with E-state index in [1.807, 2.05) is 37.3 Å². The third-order valence-corrected chi connectivity index (χ3v) is 2.92. The quantitative estimate of drug-likeness (QED) is 0.605. The third-order valence-electron chi connectivity index (χ3n) is 2.50. The molecule has 0 spiro atoms. The van der Waals surface area contributed by atoms with Crippen LogP contribution >= 0.6 is 12.6 Å². The van der Waals surface area contributed by atoms with Crippen LogP contribution in [0.1, 0.15) is 18.9 Å². The first-order valence-corrected chi connectivity index (χ1v) is 6.17. The average molecular weight is 247 g/mol. The lowest BCUT2D eigenvalue weighted by atomic mass is 10.1. The highest BCUT2D eigenvalue weighted by Crippen LogP contribution is 2.08. The monoisotopic (exact) mass is 247 g/mol. The minimum atomic E-state index is -0.361. The van der Waals surface area contributed by atoms with Gasteiger partial charge in [-0.15, -0.1) is 6.42 Å². The molecule has 0 saturated carbocycles. The van der Waals surface area contributed by atoms with Crippen LogP contribution in [0.2, 0.25) is 0 Å². The third kappa shape index (κ3) is 4.54. The fourth-order valence-electron chi connectivity index (χ4n) is 1.46. The molecule has 0 bridgehead atoms. The summed E-state index contributed by atoms with van der Waals surface area (Å²) in [7, 11) is 0. The van der Waals surface area contributed by atoms with Gasteiger partial charge in [0.05, 0.1) is 11.3 Å². The number of terminal acetylenes is 1. The number of carbonyl (C=O) groups is 1. The maximum atomic E-state index is 11.8. The number of amides is 1. The maximum Gasteiger partial charge on any atom is 0.234 e. The zero-order valence-corrected chi connectivity index (χ0v) is 10.8. The molecule has 1 aromatic carbocycles. The average Bonchev–Trinajstić information content (AvgIpc) is 2.36. The van der Waals surface area contributed by atoms with Crippen molar-refractivity contribution in [1.82, 2.24) is 5.32 Å². The summed E-state index contributed by atoms with van der Waals surface area (Å²) in [5.41, 5.74) is 1.09. The lowest BCUT2D eigenvalue weighted by Crippen LogP contribution is -2.39. The van der Waals surface area contributed by atoms with E-state index in [1.165, 1.54) is 0 Å². The Bertz CT molecular complexity index is 396. The Morgan fingerprint density at radius 1 is 1.47 bits per heavy atom. The van der Waals surface area contributed by atoms with Crippen LogP contribution in [-0.4, -0.2) is 17.2 Å². The van der Waals surface area contributed by atoms with Gasteiger partial charge in [-0.1, -0.05) is 43.2 Å². The van der Waals surface area contributed by atoms with Crippen LogP contribution in [0.15, 0.2) is 30.3 Å². The highest BCUT2D eigenvalue weighted by molar-refractivity contribution is 7.81. The first-order valence-electron chi connectivity index (χ1n) is 5.65. The number of thiol groups is 1. The fraction of sp³-hybridized carbons (Fsp3) is 0.357. The molecule has 2 atom stereocenters. The van der Waals surface area contributed by atoms with E-state index < -0.39 is 0 Å². The number of carbonyl (C=O) groups excluding carboxylic acids is 1. The normalized spacial score (nSPS) is 13.5. The summed E-state index contributed by atoms with van der Waals surface area (Å²) < 4.78 is 0. The highest BCUT2D eigenvalue weighted by Gasteiger charge is 2.16. The fourth-order valence-corrected chi connectivity index (χ4v) is 1.74. The Labute approximate surface area is 108 Å². The summed E-state index contributed by atoms with van der Waals surface area (Å²) in [4.78, 5) is 11.8. The van der Waals surface area contributed by atoms with Crippen LogP contribution in [0.4, 0.5) is 0 Å². The van der Waals surface area contributed by atoms with Crippen molar-refractivity contribution in [2.75, 3.05) is 0 Å². The number of rotatable bonds is 5. The van der Waals surface area contributed by atoms with Gasteiger partial charge in [0.25, 0.3) is 0 Å². The molecular weight excluding hydrogens is 230 g/mol. The van der Waals surface area contributed by atoms with E-state index in [0.29, 0.717) is 6.42 Å². The van der Waals surface area contributed by atoms with E-state index in [0.717, 1.165) is 12.0 Å². The largest absolute Gasteiger partial charge is 0.342 e. The minimum Gasteiger partial charge on any atom is -0.342 e. The van der Waals surface area contributed by atoms with E-state index in [1.54, 1.807) is 0 Å². The van der Waals surface area contributed by atoms with Crippen molar-refractivity contribution in [3.63, 3.8) is 0 Å². The van der Waals surface area contributed by atoms with E-state index >= 15 is 0 Å². The molecule has 90 valence electrons. The minimum absolute atomic E-state index is 0.109. The van der Waals surface area contributed by atoms with Crippen molar-refractivity contribution < 1.29 is 4.79 Å². The summed E-state index contributed by atoms with van der Waals surface area (Å²) in [5.74, 6) is 2.43. The summed E-state index contributed by atoms with van der Waals surface area (Å²) in [5, 5.41) is 2.42. The number of hydrogen-bond donors (Lipinski definition) is 2. The molecule has 3 heteroatoms. The zero-order chi connectivity index (χ0) is 12.7. The first-order chi connectivity index (χ1) is 8.17. The van der Waals surface area contributed by atoms with E-state index in [2.05, 4.69) is 23.9 Å². The van der Waals surface area contributed by atoms with Crippen LogP contribution in [0.25, 0.3) is 0 Å². The second-order valence-electron chi connectivity index (χ2n) is 3.84. The van der Waals surface area contributed by atoms with Crippen molar-refractivity contribution in [3.05, 3.63) is 35.9 Å². The van der Waals surface area contributed by atoms with Crippen molar-refractivity contribution in [2.45, 2.75) is 31.1 Å². The molecule has 0 heterocycles. The molecule has 0 aliphatic rings. The van der Waals surface area contributed by atoms with Crippen molar-refractivity contribution >= 4 is 18.5 Å². The van der Waals surface area contributed by atoms with Crippen LogP contribution in [0, 0.1) is 12.3 Å². The van der Waals surface area contributed by atoms with Gasteiger partial charge in [0, 0.05) is 0 Å². The summed E-state index contributed by atoms with van der Waals surface area (Å²) in [6.45, 7) is 1.94. The molecule has 1 rings (SSSR count). The lowest BCUT2D eigenvalue weighted by Gasteiger charge is -2.15. The predicted molar refractivity (Wildman–Crippen MR) is 74.0 cm³/mol. The van der Waals surface area contributed by atoms with Crippen LogP contribution < -0.4 is 5.32 Å². The molecule has 0 saturated heterocycles. The van der Waals surface area contributed by atoms with Gasteiger partial charge in [-0.25, -0.2) is 0 Å². The smallest absolute Gasteiger partial charge is 0.234 e. The molecule has 0 aromatic heterocycles. The van der Waals surface area contributed by atoms with Gasteiger partial charge >= 0.3 is 0 Å². The van der Waals surface area contributed by atoms with Crippen molar-refractivity contribution in [3.8, 4) is 12.3 Å². The Balaban J connectivity index is 2.51. The molecule has 0 fully saturated rings. The zero-order valence-electron chi connectivity index (χ0n) is 9.89. The lowest BCUT2D eigenvalue weighted by molar-refractivity contribution is -0.120. The highest BCUT2D eigenvalue weighted by atomic mass is 32.1. The second kappa shape index (κ2) is 7.03. The number of hydrogen-bond acceptors (Lipinski definition) is 2. The first kappa shape index (κ1) is 13.7. The Hall–Kier alpha value is -1.40. The molecule has 17 heavy (non-hydrogen) atoms. The molecule has 1 amide bonds. The van der Waals surface area contributed by atoms with E-state index in [4.69, 9.17) is 6.42 Å². The van der Waals surface area contributed by atoms with Gasteiger partial charge < -0.3 is 5.32 Å². The van der Waals surface area contributed by atoms with Gasteiger partial charge in [-0.3, -0.25) is 4.79 Å². The number of nitrogens with one attached hydrogen (secondary N) is 1. The number of benzene rings is 1. The van der Waals surface area contributed by atoms with Gasteiger partial charge in [0.1, 0.15) is 0 Å². The van der Waals surface area contributed by atoms with Crippen molar-refractivity contribution in [2.24, 2.45) is 0 Å². The predicted octanol–water partition coefficient (Wildman–Crippen LogP) is 2.06. The van der Waals surface area contributed by atoms with Crippen LogP contribution in [-0.2, 0) is 11.2 Å². The summed E-state index contributed by atoms with van der Waals surface area (Å²) >= 11 is 4.31. The van der Waals surface area contributed by atoms with Crippen molar-refractivity contribution in [1.29, 1.82) is 0 Å². The Kier molecular flexibility index (Phi) is 5.65.